The Kier molecular flexibility index (Phi) is 4.37. The number of ether oxygens (including phenoxy) is 1. The molecule has 1 aromatic rings. The first-order valence-corrected chi connectivity index (χ1v) is 10.4. The molecule has 1 aromatic heterocycles. The fraction of sp³-hybridized carbons (Fsp3) is 0.727. The van der Waals surface area contributed by atoms with Crippen LogP contribution in [0.4, 0.5) is 0 Å². The summed E-state index contributed by atoms with van der Waals surface area (Å²) in [5.74, 6) is 0.0494. The van der Waals surface area contributed by atoms with Crippen LogP contribution in [0.3, 0.4) is 0 Å². The Hall–Kier alpha value is -1.10. The van der Waals surface area contributed by atoms with E-state index >= 15 is 0 Å². The predicted octanol–water partition coefficient (Wildman–Crippen LogP) is 2.12. The van der Waals surface area contributed by atoms with Crippen LogP contribution in [0.1, 0.15) is 70.6 Å². The number of nitrogens with one attached hydrogen (secondary N) is 1. The zero-order valence-corrected chi connectivity index (χ0v) is 16.5. The minimum atomic E-state index is -1.07. The molecule has 3 fully saturated rings. The van der Waals surface area contributed by atoms with Crippen molar-refractivity contribution in [3.05, 3.63) is 21.8 Å². The number of aliphatic hydroxyl groups excluding tert-OH is 1. The first kappa shape index (κ1) is 18.3. The van der Waals surface area contributed by atoms with Crippen molar-refractivity contribution in [2.75, 3.05) is 13.2 Å². The van der Waals surface area contributed by atoms with Crippen molar-refractivity contribution in [2.24, 2.45) is 17.8 Å². The number of hydrogen-bond donors (Lipinski definition) is 3. The van der Waals surface area contributed by atoms with Crippen molar-refractivity contribution >= 4 is 12.2 Å². The largest absolute Gasteiger partial charge is 0.395 e. The molecule has 5 rings (SSSR count). The van der Waals surface area contributed by atoms with Gasteiger partial charge >= 0.3 is 0 Å². The average molecular weight is 360 g/mol. The van der Waals surface area contributed by atoms with Gasteiger partial charge in [-0.1, -0.05) is 26.0 Å². The molecule has 144 valence electrons. The van der Waals surface area contributed by atoms with E-state index in [2.05, 4.69) is 31.0 Å². The fourth-order valence-corrected chi connectivity index (χ4v) is 6.68. The van der Waals surface area contributed by atoms with E-state index in [-0.39, 0.29) is 18.4 Å². The summed E-state index contributed by atoms with van der Waals surface area (Å²) in [7, 11) is 0. The zero-order valence-electron chi connectivity index (χ0n) is 16.5. The summed E-state index contributed by atoms with van der Waals surface area (Å²) in [6.45, 7) is 8.60. The molecule has 4 nitrogen and oxygen atoms in total. The Morgan fingerprint density at radius 2 is 1.88 bits per heavy atom. The number of hydrogen-bond acceptors (Lipinski definition) is 3. The van der Waals surface area contributed by atoms with Crippen LogP contribution in [-0.4, -0.2) is 34.2 Å². The lowest BCUT2D eigenvalue weighted by atomic mass is 9.68. The molecule has 6 unspecified atom stereocenters. The number of aliphatic hydroxyl groups is 2. The molecule has 0 spiro atoms. The van der Waals surface area contributed by atoms with Crippen molar-refractivity contribution < 1.29 is 14.9 Å². The lowest BCUT2D eigenvalue weighted by Crippen LogP contribution is -2.48. The third-order valence-corrected chi connectivity index (χ3v) is 7.67. The quantitative estimate of drug-likeness (QED) is 0.720. The van der Waals surface area contributed by atoms with Crippen LogP contribution >= 0.6 is 0 Å². The minimum Gasteiger partial charge on any atom is -0.395 e. The molecule has 6 bridgehead atoms. The zero-order chi connectivity index (χ0) is 18.7. The number of fused-ring (bicyclic) bond motifs is 2. The average Bonchev–Trinajstić information content (AvgIpc) is 3.28. The Morgan fingerprint density at radius 1 is 1.15 bits per heavy atom. The highest BCUT2D eigenvalue weighted by molar-refractivity contribution is 5.46. The first-order valence-electron chi connectivity index (χ1n) is 10.4. The smallest absolute Gasteiger partial charge is 0.172 e. The van der Waals surface area contributed by atoms with E-state index < -0.39 is 11.2 Å². The molecule has 3 N–H and O–H groups in total. The summed E-state index contributed by atoms with van der Waals surface area (Å²) in [6.07, 6.45) is 8.62. The summed E-state index contributed by atoms with van der Waals surface area (Å²) in [4.78, 5) is 3.64. The van der Waals surface area contributed by atoms with E-state index in [0.717, 1.165) is 30.3 Å². The molecule has 0 aromatic carbocycles. The molecule has 0 radical (unpaired) electrons. The Balaban J connectivity index is 0.000000814. The van der Waals surface area contributed by atoms with Crippen LogP contribution in [0.2, 0.25) is 0 Å². The van der Waals surface area contributed by atoms with Gasteiger partial charge in [0, 0.05) is 22.9 Å². The van der Waals surface area contributed by atoms with Gasteiger partial charge < -0.3 is 19.9 Å². The summed E-state index contributed by atoms with van der Waals surface area (Å²) in [5, 5.41) is 24.4. The molecule has 26 heavy (non-hydrogen) atoms. The molecular formula is C22H33NO3. The van der Waals surface area contributed by atoms with Crippen LogP contribution in [0, 0.1) is 17.8 Å². The standard InChI is InChI=1S/C20H27NO3.C2H6/c1-3-12-14(4-2)21-18-17(12)16-11-5-7-13(16)20(23)15(8-6-11)19(18,9-22)10-24-20;1-2/h3-4,11,13,15-16,21-23H,5-10H2,1-2H3;1-2H3/b12-3+,14-4+;. The molecule has 1 aliphatic heterocycles. The molecule has 2 saturated carbocycles. The van der Waals surface area contributed by atoms with Gasteiger partial charge in [0.15, 0.2) is 5.79 Å². The molecule has 0 amide bonds. The van der Waals surface area contributed by atoms with E-state index in [1.54, 1.807) is 0 Å². The number of rotatable bonds is 1. The van der Waals surface area contributed by atoms with E-state index in [0.29, 0.717) is 18.4 Å². The summed E-state index contributed by atoms with van der Waals surface area (Å²) in [5.41, 5.74) is 2.03. The maximum Gasteiger partial charge on any atom is 0.172 e. The highest BCUT2D eigenvalue weighted by atomic mass is 16.6. The van der Waals surface area contributed by atoms with Crippen molar-refractivity contribution in [3.8, 4) is 0 Å². The third kappa shape index (κ3) is 1.96. The van der Waals surface area contributed by atoms with E-state index in [4.69, 9.17) is 4.74 Å². The highest BCUT2D eigenvalue weighted by Gasteiger charge is 2.69. The number of aromatic nitrogens is 1. The van der Waals surface area contributed by atoms with Crippen LogP contribution in [0.15, 0.2) is 0 Å². The first-order chi connectivity index (χ1) is 12.6. The van der Waals surface area contributed by atoms with Crippen LogP contribution in [-0.2, 0) is 10.2 Å². The molecule has 3 aliphatic carbocycles. The van der Waals surface area contributed by atoms with Gasteiger partial charge in [0.2, 0.25) is 0 Å². The summed E-state index contributed by atoms with van der Waals surface area (Å²) in [6, 6.07) is 0. The minimum absolute atomic E-state index is 0.0119. The fourth-order valence-electron chi connectivity index (χ4n) is 6.68. The van der Waals surface area contributed by atoms with Crippen molar-refractivity contribution in [2.45, 2.75) is 70.5 Å². The maximum atomic E-state index is 11.6. The van der Waals surface area contributed by atoms with Gasteiger partial charge in [0.05, 0.1) is 18.6 Å². The van der Waals surface area contributed by atoms with Gasteiger partial charge in [-0.25, -0.2) is 0 Å². The second kappa shape index (κ2) is 6.22. The summed E-state index contributed by atoms with van der Waals surface area (Å²) >= 11 is 0. The molecule has 6 atom stereocenters. The molecule has 4 heteroatoms. The van der Waals surface area contributed by atoms with Crippen molar-refractivity contribution in [3.63, 3.8) is 0 Å². The Bertz CT molecular complexity index is 812. The second-order valence-corrected chi connectivity index (χ2v) is 8.27. The maximum absolute atomic E-state index is 11.6. The van der Waals surface area contributed by atoms with Gasteiger partial charge in [-0.2, -0.15) is 0 Å². The van der Waals surface area contributed by atoms with Crippen molar-refractivity contribution in [1.82, 2.24) is 4.98 Å². The number of aromatic amines is 1. The van der Waals surface area contributed by atoms with Crippen molar-refractivity contribution in [1.29, 1.82) is 0 Å². The van der Waals surface area contributed by atoms with Crippen LogP contribution in [0.25, 0.3) is 12.2 Å². The monoisotopic (exact) mass is 359 g/mol. The van der Waals surface area contributed by atoms with E-state index in [1.165, 1.54) is 17.2 Å². The normalized spacial score (nSPS) is 43.8. The van der Waals surface area contributed by atoms with Gasteiger partial charge in [-0.15, -0.1) is 0 Å². The van der Waals surface area contributed by atoms with Gasteiger partial charge in [-0.3, -0.25) is 0 Å². The molecule has 1 saturated heterocycles. The second-order valence-electron chi connectivity index (χ2n) is 8.27. The lowest BCUT2D eigenvalue weighted by Gasteiger charge is -2.38. The highest BCUT2D eigenvalue weighted by Crippen LogP contribution is 2.65. The SMILES string of the molecule is C/C=c1/c2c([nH]/c1=C/C)C1(CO)COC3(O)C4CCC(CCC13)C24.CC. The topological polar surface area (TPSA) is 65.5 Å². The van der Waals surface area contributed by atoms with Gasteiger partial charge in [0.25, 0.3) is 0 Å². The van der Waals surface area contributed by atoms with Gasteiger partial charge in [0.1, 0.15) is 0 Å². The Morgan fingerprint density at radius 3 is 2.54 bits per heavy atom. The van der Waals surface area contributed by atoms with E-state index in [9.17, 15) is 10.2 Å². The van der Waals surface area contributed by atoms with Gasteiger partial charge in [-0.05, 0) is 62.1 Å². The van der Waals surface area contributed by atoms with E-state index in [1.807, 2.05) is 13.8 Å². The molecule has 2 heterocycles. The predicted molar refractivity (Wildman–Crippen MR) is 103 cm³/mol. The number of H-pyrrole nitrogens is 1. The molecular weight excluding hydrogens is 326 g/mol. The lowest BCUT2D eigenvalue weighted by molar-refractivity contribution is -0.231. The van der Waals surface area contributed by atoms with Crippen LogP contribution in [0.5, 0.6) is 0 Å². The summed E-state index contributed by atoms with van der Waals surface area (Å²) < 4.78 is 6.11. The van der Waals surface area contributed by atoms with Crippen LogP contribution < -0.4 is 10.6 Å². The Labute approximate surface area is 156 Å². The molecule has 4 aliphatic rings. The third-order valence-electron chi connectivity index (χ3n) is 7.67.